The van der Waals surface area contributed by atoms with E-state index in [1.54, 1.807) is 0 Å². The first-order chi connectivity index (χ1) is 7.02. The van der Waals surface area contributed by atoms with Crippen LogP contribution in [0.4, 0.5) is 0 Å². The van der Waals surface area contributed by atoms with Crippen molar-refractivity contribution in [1.29, 1.82) is 0 Å². The molecule has 0 heterocycles. The molecule has 0 fully saturated rings. The maximum absolute atomic E-state index is 10.9. The zero-order valence-electron chi connectivity index (χ0n) is 9.40. The van der Waals surface area contributed by atoms with Crippen LogP contribution < -0.4 is 0 Å². The minimum atomic E-state index is -0.876. The van der Waals surface area contributed by atoms with Crippen molar-refractivity contribution in [2.24, 2.45) is 11.8 Å². The highest BCUT2D eigenvalue weighted by atomic mass is 16.4. The first-order valence-electron chi connectivity index (χ1n) is 5.48. The Balaban J connectivity index is 4.32. The molecule has 0 amide bonds. The molecule has 0 aliphatic carbocycles. The minimum absolute atomic E-state index is 0.256. The molecule has 0 radical (unpaired) electrons. The number of hydrogen-bond donors (Lipinski definition) is 2. The predicted octanol–water partition coefficient (Wildman–Crippen LogP) is 2.38. The molecule has 0 saturated carbocycles. The topological polar surface area (TPSA) is 74.6 Å². The molecule has 2 unspecified atom stereocenters. The van der Waals surface area contributed by atoms with E-state index in [2.05, 4.69) is 0 Å². The molecule has 4 heteroatoms. The summed E-state index contributed by atoms with van der Waals surface area (Å²) in [7, 11) is 0. The largest absolute Gasteiger partial charge is 0.481 e. The molecule has 15 heavy (non-hydrogen) atoms. The van der Waals surface area contributed by atoms with Gasteiger partial charge in [0, 0.05) is 0 Å². The van der Waals surface area contributed by atoms with E-state index in [-0.39, 0.29) is 6.42 Å². The average molecular weight is 216 g/mol. The number of aliphatic carboxylic acids is 2. The van der Waals surface area contributed by atoms with Crippen molar-refractivity contribution < 1.29 is 19.8 Å². The molecular formula is C11H20O4. The fourth-order valence-corrected chi connectivity index (χ4v) is 1.72. The van der Waals surface area contributed by atoms with E-state index in [1.165, 1.54) is 0 Å². The smallest absolute Gasteiger partial charge is 0.306 e. The molecule has 0 aliphatic rings. The van der Waals surface area contributed by atoms with Crippen LogP contribution in [0.25, 0.3) is 0 Å². The van der Waals surface area contributed by atoms with Crippen molar-refractivity contribution in [1.82, 2.24) is 0 Å². The van der Waals surface area contributed by atoms with Gasteiger partial charge in [-0.15, -0.1) is 0 Å². The van der Waals surface area contributed by atoms with Gasteiger partial charge in [-0.25, -0.2) is 0 Å². The van der Waals surface area contributed by atoms with Gasteiger partial charge in [-0.1, -0.05) is 26.7 Å². The third-order valence-corrected chi connectivity index (χ3v) is 2.54. The number of hydrogen-bond acceptors (Lipinski definition) is 2. The van der Waals surface area contributed by atoms with Gasteiger partial charge < -0.3 is 10.2 Å². The number of carboxylic acids is 2. The fourth-order valence-electron chi connectivity index (χ4n) is 1.72. The SMILES string of the molecule is CCCC(CC(CCC)C(=O)O)C(=O)O. The van der Waals surface area contributed by atoms with Crippen LogP contribution in [0.1, 0.15) is 46.0 Å². The van der Waals surface area contributed by atoms with E-state index < -0.39 is 23.8 Å². The second kappa shape index (κ2) is 7.26. The molecule has 88 valence electrons. The lowest BCUT2D eigenvalue weighted by Crippen LogP contribution is -2.22. The average Bonchev–Trinajstić information content (AvgIpc) is 2.15. The Labute approximate surface area is 90.3 Å². The van der Waals surface area contributed by atoms with Gasteiger partial charge in [-0.05, 0) is 19.3 Å². The maximum atomic E-state index is 10.9. The molecule has 0 aromatic carbocycles. The molecule has 0 bridgehead atoms. The minimum Gasteiger partial charge on any atom is -0.481 e. The van der Waals surface area contributed by atoms with Crippen molar-refractivity contribution in [3.05, 3.63) is 0 Å². The lowest BCUT2D eigenvalue weighted by atomic mass is 9.88. The summed E-state index contributed by atoms with van der Waals surface area (Å²) in [5.74, 6) is -2.77. The van der Waals surface area contributed by atoms with E-state index in [4.69, 9.17) is 10.2 Å². The summed E-state index contributed by atoms with van der Waals surface area (Å²) in [6, 6.07) is 0. The molecule has 2 N–H and O–H groups in total. The van der Waals surface area contributed by atoms with E-state index in [9.17, 15) is 9.59 Å². The normalized spacial score (nSPS) is 14.5. The summed E-state index contributed by atoms with van der Waals surface area (Å²) < 4.78 is 0. The lowest BCUT2D eigenvalue weighted by Gasteiger charge is -2.16. The summed E-state index contributed by atoms with van der Waals surface area (Å²) in [6.07, 6.45) is 2.92. The van der Waals surface area contributed by atoms with Gasteiger partial charge >= 0.3 is 11.9 Å². The Morgan fingerprint density at radius 3 is 1.47 bits per heavy atom. The van der Waals surface area contributed by atoms with Crippen LogP contribution >= 0.6 is 0 Å². The summed E-state index contributed by atoms with van der Waals surface area (Å²) in [4.78, 5) is 21.7. The van der Waals surface area contributed by atoms with E-state index in [0.717, 1.165) is 12.8 Å². The zero-order chi connectivity index (χ0) is 11.8. The van der Waals surface area contributed by atoms with Crippen LogP contribution in [0.3, 0.4) is 0 Å². The first-order valence-corrected chi connectivity index (χ1v) is 5.48. The van der Waals surface area contributed by atoms with Crippen LogP contribution in [0.5, 0.6) is 0 Å². The van der Waals surface area contributed by atoms with Gasteiger partial charge in [0.1, 0.15) is 0 Å². The Morgan fingerprint density at radius 1 is 0.933 bits per heavy atom. The molecule has 2 atom stereocenters. The first kappa shape index (κ1) is 13.9. The van der Waals surface area contributed by atoms with Crippen LogP contribution in [0, 0.1) is 11.8 Å². The number of rotatable bonds is 8. The van der Waals surface area contributed by atoms with Gasteiger partial charge in [0.15, 0.2) is 0 Å². The van der Waals surface area contributed by atoms with Crippen LogP contribution in [-0.4, -0.2) is 22.2 Å². The molecule has 0 aromatic heterocycles. The van der Waals surface area contributed by atoms with Crippen LogP contribution in [0.15, 0.2) is 0 Å². The van der Waals surface area contributed by atoms with Gasteiger partial charge in [0.2, 0.25) is 0 Å². The van der Waals surface area contributed by atoms with E-state index in [1.807, 2.05) is 13.8 Å². The summed E-state index contributed by atoms with van der Waals surface area (Å²) in [5.41, 5.74) is 0. The fraction of sp³-hybridized carbons (Fsp3) is 0.818. The summed E-state index contributed by atoms with van der Waals surface area (Å²) in [6.45, 7) is 3.82. The van der Waals surface area contributed by atoms with Crippen molar-refractivity contribution in [2.45, 2.75) is 46.0 Å². The molecule has 0 rings (SSSR count). The van der Waals surface area contributed by atoms with Gasteiger partial charge in [0.25, 0.3) is 0 Å². The molecule has 4 nitrogen and oxygen atoms in total. The predicted molar refractivity (Wildman–Crippen MR) is 56.7 cm³/mol. The van der Waals surface area contributed by atoms with Crippen molar-refractivity contribution >= 4 is 11.9 Å². The third-order valence-electron chi connectivity index (χ3n) is 2.54. The molecule has 0 spiro atoms. The lowest BCUT2D eigenvalue weighted by molar-refractivity contribution is -0.146. The number of carbonyl (C=O) groups is 2. The van der Waals surface area contributed by atoms with Crippen molar-refractivity contribution in [2.75, 3.05) is 0 Å². The maximum Gasteiger partial charge on any atom is 0.306 e. The Bertz CT molecular complexity index is 191. The zero-order valence-corrected chi connectivity index (χ0v) is 9.40. The Kier molecular flexibility index (Phi) is 6.75. The molecule has 0 aromatic rings. The van der Waals surface area contributed by atoms with Crippen molar-refractivity contribution in [3.8, 4) is 0 Å². The standard InChI is InChI=1S/C11H20O4/c1-3-5-8(10(12)13)7-9(6-4-2)11(14)15/h8-9H,3-7H2,1-2H3,(H,12,13)(H,14,15). The monoisotopic (exact) mass is 216 g/mol. The molecule has 0 saturated heterocycles. The Morgan fingerprint density at radius 2 is 1.27 bits per heavy atom. The van der Waals surface area contributed by atoms with Crippen LogP contribution in [0.2, 0.25) is 0 Å². The van der Waals surface area contributed by atoms with E-state index >= 15 is 0 Å². The van der Waals surface area contributed by atoms with Gasteiger partial charge in [0.05, 0.1) is 11.8 Å². The van der Waals surface area contributed by atoms with Gasteiger partial charge in [-0.3, -0.25) is 9.59 Å². The molecular weight excluding hydrogens is 196 g/mol. The van der Waals surface area contributed by atoms with Crippen LogP contribution in [-0.2, 0) is 9.59 Å². The number of carboxylic acid groups (broad SMARTS) is 2. The second-order valence-electron chi connectivity index (χ2n) is 3.88. The summed E-state index contributed by atoms with van der Waals surface area (Å²) in [5, 5.41) is 17.8. The third kappa shape index (κ3) is 5.40. The molecule has 0 aliphatic heterocycles. The quantitative estimate of drug-likeness (QED) is 0.653. The second-order valence-corrected chi connectivity index (χ2v) is 3.88. The highest BCUT2D eigenvalue weighted by Gasteiger charge is 2.25. The van der Waals surface area contributed by atoms with Gasteiger partial charge in [-0.2, -0.15) is 0 Å². The van der Waals surface area contributed by atoms with Crippen molar-refractivity contribution in [3.63, 3.8) is 0 Å². The highest BCUT2D eigenvalue weighted by molar-refractivity contribution is 5.73. The highest BCUT2D eigenvalue weighted by Crippen LogP contribution is 2.21. The summed E-state index contributed by atoms with van der Waals surface area (Å²) >= 11 is 0. The Hall–Kier alpha value is -1.06. The van der Waals surface area contributed by atoms with E-state index in [0.29, 0.717) is 12.8 Å².